The van der Waals surface area contributed by atoms with Gasteiger partial charge in [0.05, 0.1) is 9.79 Å². The molecule has 0 spiro atoms. The normalized spacial score (nSPS) is 14.0. The second-order valence-electron chi connectivity index (χ2n) is 6.36. The Morgan fingerprint density at radius 2 is 1.46 bits per heavy atom. The molecule has 0 saturated heterocycles. The predicted molar refractivity (Wildman–Crippen MR) is 114 cm³/mol. The highest BCUT2D eigenvalue weighted by molar-refractivity contribution is 9.10. The van der Waals surface area contributed by atoms with E-state index in [1.807, 2.05) is 12.1 Å². The summed E-state index contributed by atoms with van der Waals surface area (Å²) in [6.07, 6.45) is 1.13. The number of hydrogen-bond acceptors (Lipinski definition) is 3. The molecule has 0 aromatic heterocycles. The fourth-order valence-electron chi connectivity index (χ4n) is 2.85. The van der Waals surface area contributed by atoms with Crippen LogP contribution in [0.3, 0.4) is 0 Å². The Morgan fingerprint density at radius 1 is 0.846 bits per heavy atom. The van der Waals surface area contributed by atoms with Gasteiger partial charge in [-0.3, -0.25) is 0 Å². The number of halogens is 1. The molecule has 1 nitrogen and oxygen atoms in total. The summed E-state index contributed by atoms with van der Waals surface area (Å²) < 4.78 is 7.41. The highest BCUT2D eigenvalue weighted by Gasteiger charge is 2.18. The van der Waals surface area contributed by atoms with Crippen molar-refractivity contribution in [3.63, 3.8) is 0 Å². The molecule has 1 atom stereocenters. The lowest BCUT2D eigenvalue weighted by Gasteiger charge is -2.15. The van der Waals surface area contributed by atoms with Gasteiger partial charge in [0.25, 0.3) is 0 Å². The van der Waals surface area contributed by atoms with E-state index in [0.717, 1.165) is 27.3 Å². The number of benzene rings is 3. The Kier molecular flexibility index (Phi) is 5.35. The SMILES string of the molecule is CCC(C)c1ccc2c(c1)Sc1ccccc1Sc1cc(Br)ccc1O2. The average Bonchev–Trinajstić information content (AvgIpc) is 2.71. The first-order valence-electron chi connectivity index (χ1n) is 8.70. The van der Waals surface area contributed by atoms with Crippen molar-refractivity contribution >= 4 is 39.5 Å². The van der Waals surface area contributed by atoms with Gasteiger partial charge in [0.15, 0.2) is 0 Å². The van der Waals surface area contributed by atoms with E-state index in [4.69, 9.17) is 4.74 Å². The summed E-state index contributed by atoms with van der Waals surface area (Å²) in [4.78, 5) is 4.80. The standard InChI is InChI=1S/C22H19BrOS2/c1-3-14(2)15-8-10-17-21(12-15)25-19-6-4-5-7-20(19)26-22-13-16(23)9-11-18(22)24-17/h4-14H,3H2,1-2H3. The Morgan fingerprint density at radius 3 is 2.12 bits per heavy atom. The number of fused-ring (bicyclic) bond motifs is 3. The number of hydrogen-bond donors (Lipinski definition) is 0. The van der Waals surface area contributed by atoms with E-state index in [9.17, 15) is 0 Å². The zero-order valence-electron chi connectivity index (χ0n) is 14.7. The molecule has 0 aliphatic carbocycles. The van der Waals surface area contributed by atoms with Crippen molar-refractivity contribution in [3.8, 4) is 11.5 Å². The van der Waals surface area contributed by atoms with Crippen LogP contribution >= 0.6 is 39.5 Å². The zero-order valence-corrected chi connectivity index (χ0v) is 17.9. The molecule has 0 N–H and O–H groups in total. The zero-order chi connectivity index (χ0) is 18.1. The van der Waals surface area contributed by atoms with Crippen molar-refractivity contribution in [2.45, 2.75) is 45.8 Å². The van der Waals surface area contributed by atoms with E-state index in [-0.39, 0.29) is 0 Å². The molecule has 0 radical (unpaired) electrons. The summed E-state index contributed by atoms with van der Waals surface area (Å²) in [5.74, 6) is 2.36. The average molecular weight is 443 g/mol. The van der Waals surface area contributed by atoms with E-state index < -0.39 is 0 Å². The van der Waals surface area contributed by atoms with Gasteiger partial charge in [0.1, 0.15) is 11.5 Å². The molecular weight excluding hydrogens is 424 g/mol. The molecular formula is C22H19BrOS2. The van der Waals surface area contributed by atoms with E-state index in [1.54, 1.807) is 23.5 Å². The molecule has 1 heterocycles. The van der Waals surface area contributed by atoms with Gasteiger partial charge in [-0.2, -0.15) is 0 Å². The third kappa shape index (κ3) is 3.68. The largest absolute Gasteiger partial charge is 0.455 e. The Hall–Kier alpha value is -1.36. The van der Waals surface area contributed by atoms with Gasteiger partial charge in [-0.25, -0.2) is 0 Å². The van der Waals surface area contributed by atoms with Crippen molar-refractivity contribution in [2.75, 3.05) is 0 Å². The smallest absolute Gasteiger partial charge is 0.141 e. The lowest BCUT2D eigenvalue weighted by Crippen LogP contribution is -1.94. The van der Waals surface area contributed by atoms with Crippen molar-refractivity contribution in [1.29, 1.82) is 0 Å². The Bertz CT molecular complexity index is 955. The van der Waals surface area contributed by atoms with Gasteiger partial charge in [-0.05, 0) is 60.4 Å². The van der Waals surface area contributed by atoms with E-state index in [0.29, 0.717) is 5.92 Å². The van der Waals surface area contributed by atoms with Crippen LogP contribution in [0.25, 0.3) is 0 Å². The van der Waals surface area contributed by atoms with Crippen molar-refractivity contribution in [3.05, 3.63) is 70.7 Å². The van der Waals surface area contributed by atoms with Crippen LogP contribution < -0.4 is 4.74 Å². The van der Waals surface area contributed by atoms with Gasteiger partial charge in [-0.1, -0.05) is 71.5 Å². The van der Waals surface area contributed by atoms with Crippen LogP contribution in [0, 0.1) is 0 Å². The third-order valence-electron chi connectivity index (χ3n) is 4.56. The Balaban J connectivity index is 1.89. The summed E-state index contributed by atoms with van der Waals surface area (Å²) in [5.41, 5.74) is 1.36. The van der Waals surface area contributed by atoms with E-state index in [2.05, 4.69) is 78.3 Å². The topological polar surface area (TPSA) is 9.23 Å². The fraction of sp³-hybridized carbons (Fsp3) is 0.182. The molecule has 1 aliphatic heterocycles. The molecule has 0 amide bonds. The maximum Gasteiger partial charge on any atom is 0.141 e. The molecule has 1 unspecified atom stereocenters. The monoisotopic (exact) mass is 442 g/mol. The maximum atomic E-state index is 6.35. The minimum absolute atomic E-state index is 0.543. The molecule has 4 rings (SSSR count). The van der Waals surface area contributed by atoms with Gasteiger partial charge >= 0.3 is 0 Å². The van der Waals surface area contributed by atoms with E-state index in [1.165, 1.54) is 20.2 Å². The van der Waals surface area contributed by atoms with Crippen molar-refractivity contribution in [2.24, 2.45) is 0 Å². The number of ether oxygens (including phenoxy) is 1. The molecule has 0 bridgehead atoms. The second kappa shape index (κ2) is 7.71. The second-order valence-corrected chi connectivity index (χ2v) is 9.44. The molecule has 3 aromatic rings. The molecule has 0 fully saturated rings. The summed E-state index contributed by atoms with van der Waals surface area (Å²) in [6.45, 7) is 4.51. The van der Waals surface area contributed by atoms with Crippen LogP contribution in [0.1, 0.15) is 31.7 Å². The van der Waals surface area contributed by atoms with Crippen molar-refractivity contribution < 1.29 is 4.74 Å². The lowest BCUT2D eigenvalue weighted by atomic mass is 9.99. The van der Waals surface area contributed by atoms with Gasteiger partial charge < -0.3 is 4.74 Å². The fourth-order valence-corrected chi connectivity index (χ4v) is 5.52. The summed E-state index contributed by atoms with van der Waals surface area (Å²) in [5, 5.41) is 0. The minimum Gasteiger partial charge on any atom is -0.455 e. The van der Waals surface area contributed by atoms with Crippen LogP contribution in [0.2, 0.25) is 0 Å². The molecule has 1 aliphatic rings. The third-order valence-corrected chi connectivity index (χ3v) is 7.42. The first-order chi connectivity index (χ1) is 12.6. The molecule has 132 valence electrons. The van der Waals surface area contributed by atoms with E-state index >= 15 is 0 Å². The van der Waals surface area contributed by atoms with Crippen LogP contribution in [0.15, 0.2) is 84.7 Å². The molecule has 26 heavy (non-hydrogen) atoms. The summed E-state index contributed by atoms with van der Waals surface area (Å²) >= 11 is 7.13. The van der Waals surface area contributed by atoms with Gasteiger partial charge in [0.2, 0.25) is 0 Å². The summed E-state index contributed by atoms with van der Waals surface area (Å²) in [6, 6.07) is 21.4. The van der Waals surface area contributed by atoms with Crippen LogP contribution in [0.5, 0.6) is 11.5 Å². The highest BCUT2D eigenvalue weighted by atomic mass is 79.9. The highest BCUT2D eigenvalue weighted by Crippen LogP contribution is 2.48. The first-order valence-corrected chi connectivity index (χ1v) is 11.1. The van der Waals surface area contributed by atoms with Crippen LogP contribution in [-0.4, -0.2) is 0 Å². The predicted octanol–water partition coefficient (Wildman–Crippen LogP) is 8.37. The van der Waals surface area contributed by atoms with Crippen molar-refractivity contribution in [1.82, 2.24) is 0 Å². The summed E-state index contributed by atoms with van der Waals surface area (Å²) in [7, 11) is 0. The Labute approximate surface area is 171 Å². The molecule has 0 saturated carbocycles. The quantitative estimate of drug-likeness (QED) is 0.308. The molecule has 4 heteroatoms. The lowest BCUT2D eigenvalue weighted by molar-refractivity contribution is 0.459. The van der Waals surface area contributed by atoms with Crippen LogP contribution in [-0.2, 0) is 0 Å². The maximum absolute atomic E-state index is 6.35. The minimum atomic E-state index is 0.543. The van der Waals surface area contributed by atoms with Gasteiger partial charge in [0, 0.05) is 14.3 Å². The number of rotatable bonds is 2. The molecule has 3 aromatic carbocycles. The van der Waals surface area contributed by atoms with Crippen LogP contribution in [0.4, 0.5) is 0 Å². The van der Waals surface area contributed by atoms with Gasteiger partial charge in [-0.15, -0.1) is 0 Å². The first kappa shape index (κ1) is 18.0.